The lowest BCUT2D eigenvalue weighted by Gasteiger charge is -2.20. The van der Waals surface area contributed by atoms with Gasteiger partial charge >= 0.3 is 0 Å². The highest BCUT2D eigenvalue weighted by molar-refractivity contribution is 6.32. The van der Waals surface area contributed by atoms with E-state index in [4.69, 9.17) is 16.3 Å². The Kier molecular flexibility index (Phi) is 4.18. The van der Waals surface area contributed by atoms with Gasteiger partial charge in [0, 0.05) is 12.2 Å². The van der Waals surface area contributed by atoms with Crippen molar-refractivity contribution in [2.24, 2.45) is 0 Å². The molecule has 2 aromatic rings. The maximum atomic E-state index is 6.35. The Morgan fingerprint density at radius 1 is 1.23 bits per heavy atom. The molecule has 0 aliphatic carbocycles. The Balaban J connectivity index is 1.70. The van der Waals surface area contributed by atoms with E-state index in [-0.39, 0.29) is 5.41 Å². The Bertz CT molecular complexity index is 647. The zero-order valence-corrected chi connectivity index (χ0v) is 14.3. The average molecular weight is 319 g/mol. The summed E-state index contributed by atoms with van der Waals surface area (Å²) in [7, 11) is 0. The number of fused-ring (bicyclic) bond motifs is 1. The standard InChI is InChI=1S/C18H23ClN2O/c1-18(2,3)13-7-8-17(16(19)10-13)22-12-14-11-15-6-4-5-9-21(15)20-14/h7-8,10-11H,4-6,9,12H2,1-3H3. The monoisotopic (exact) mass is 318 g/mol. The van der Waals surface area contributed by atoms with E-state index < -0.39 is 0 Å². The molecule has 0 N–H and O–H groups in total. The van der Waals surface area contributed by atoms with Gasteiger partial charge in [0.05, 0.1) is 5.02 Å². The highest BCUT2D eigenvalue weighted by atomic mass is 35.5. The van der Waals surface area contributed by atoms with Crippen molar-refractivity contribution >= 4 is 11.6 Å². The third kappa shape index (κ3) is 3.30. The van der Waals surface area contributed by atoms with Crippen LogP contribution in [-0.4, -0.2) is 9.78 Å². The first-order chi connectivity index (χ1) is 10.4. The Morgan fingerprint density at radius 2 is 2.05 bits per heavy atom. The molecule has 0 saturated carbocycles. The molecule has 1 aromatic carbocycles. The average Bonchev–Trinajstić information content (AvgIpc) is 2.87. The number of rotatable bonds is 3. The van der Waals surface area contributed by atoms with Crippen LogP contribution < -0.4 is 4.74 Å². The first kappa shape index (κ1) is 15.4. The number of hydrogen-bond acceptors (Lipinski definition) is 2. The highest BCUT2D eigenvalue weighted by Gasteiger charge is 2.16. The predicted octanol–water partition coefficient (Wildman–Crippen LogP) is 4.75. The van der Waals surface area contributed by atoms with Crippen LogP contribution in [0.4, 0.5) is 0 Å². The van der Waals surface area contributed by atoms with Gasteiger partial charge in [-0.3, -0.25) is 4.68 Å². The molecule has 0 fully saturated rings. The van der Waals surface area contributed by atoms with E-state index in [2.05, 4.69) is 42.7 Å². The summed E-state index contributed by atoms with van der Waals surface area (Å²) >= 11 is 6.35. The number of aryl methyl sites for hydroxylation is 2. The van der Waals surface area contributed by atoms with Gasteiger partial charge in [0.15, 0.2) is 0 Å². The molecule has 0 saturated heterocycles. The number of nitrogens with zero attached hydrogens (tertiary/aromatic N) is 2. The van der Waals surface area contributed by atoms with Gasteiger partial charge in [0.1, 0.15) is 18.1 Å². The summed E-state index contributed by atoms with van der Waals surface area (Å²) in [6.07, 6.45) is 3.59. The molecule has 1 aliphatic heterocycles. The highest BCUT2D eigenvalue weighted by Crippen LogP contribution is 2.31. The van der Waals surface area contributed by atoms with Gasteiger partial charge in [0.2, 0.25) is 0 Å². The van der Waals surface area contributed by atoms with Crippen molar-refractivity contribution in [1.82, 2.24) is 9.78 Å². The van der Waals surface area contributed by atoms with E-state index in [1.165, 1.54) is 24.1 Å². The maximum absolute atomic E-state index is 6.35. The van der Waals surface area contributed by atoms with Crippen molar-refractivity contribution < 1.29 is 4.74 Å². The van der Waals surface area contributed by atoms with Crippen molar-refractivity contribution in [3.05, 3.63) is 46.2 Å². The molecule has 4 heteroatoms. The molecule has 3 rings (SSSR count). The number of aromatic nitrogens is 2. The van der Waals surface area contributed by atoms with Crippen LogP contribution in [0.25, 0.3) is 0 Å². The third-order valence-corrected chi connectivity index (χ3v) is 4.44. The van der Waals surface area contributed by atoms with Crippen molar-refractivity contribution in [3.8, 4) is 5.75 Å². The number of benzene rings is 1. The second-order valence-corrected chi connectivity index (χ2v) is 7.40. The van der Waals surface area contributed by atoms with Crippen LogP contribution >= 0.6 is 11.6 Å². The molecule has 22 heavy (non-hydrogen) atoms. The summed E-state index contributed by atoms with van der Waals surface area (Å²) < 4.78 is 7.96. The molecule has 2 heterocycles. The minimum Gasteiger partial charge on any atom is -0.486 e. The molecule has 0 spiro atoms. The molecule has 118 valence electrons. The topological polar surface area (TPSA) is 27.1 Å². The number of halogens is 1. The number of ether oxygens (including phenoxy) is 1. The van der Waals surface area contributed by atoms with E-state index in [0.29, 0.717) is 11.6 Å². The lowest BCUT2D eigenvalue weighted by Crippen LogP contribution is -2.11. The predicted molar refractivity (Wildman–Crippen MR) is 89.6 cm³/mol. The SMILES string of the molecule is CC(C)(C)c1ccc(OCc2cc3n(n2)CCCC3)c(Cl)c1. The summed E-state index contributed by atoms with van der Waals surface area (Å²) in [5.41, 5.74) is 3.60. The second kappa shape index (κ2) is 5.96. The van der Waals surface area contributed by atoms with E-state index >= 15 is 0 Å². The lowest BCUT2D eigenvalue weighted by molar-refractivity contribution is 0.299. The molecular formula is C18H23ClN2O. The first-order valence-electron chi connectivity index (χ1n) is 7.92. The molecule has 0 radical (unpaired) electrons. The van der Waals surface area contributed by atoms with E-state index in [9.17, 15) is 0 Å². The van der Waals surface area contributed by atoms with Gasteiger partial charge in [-0.1, -0.05) is 38.4 Å². The van der Waals surface area contributed by atoms with Gasteiger partial charge in [-0.25, -0.2) is 0 Å². The van der Waals surface area contributed by atoms with Gasteiger partial charge in [-0.2, -0.15) is 5.10 Å². The molecule has 0 bridgehead atoms. The van der Waals surface area contributed by atoms with Crippen LogP contribution in [0.3, 0.4) is 0 Å². The van der Waals surface area contributed by atoms with Crippen LogP contribution in [0.15, 0.2) is 24.3 Å². The van der Waals surface area contributed by atoms with Crippen LogP contribution in [0.1, 0.15) is 50.6 Å². The smallest absolute Gasteiger partial charge is 0.138 e. The van der Waals surface area contributed by atoms with Gasteiger partial charge in [-0.05, 0) is 48.4 Å². The van der Waals surface area contributed by atoms with Gasteiger partial charge in [-0.15, -0.1) is 0 Å². The van der Waals surface area contributed by atoms with Crippen LogP contribution in [0.5, 0.6) is 5.75 Å². The summed E-state index contributed by atoms with van der Waals surface area (Å²) in [4.78, 5) is 0. The summed E-state index contributed by atoms with van der Waals surface area (Å²) in [5, 5.41) is 5.26. The zero-order valence-electron chi connectivity index (χ0n) is 13.5. The van der Waals surface area contributed by atoms with Crippen molar-refractivity contribution in [1.29, 1.82) is 0 Å². The quantitative estimate of drug-likeness (QED) is 0.816. The van der Waals surface area contributed by atoms with Crippen molar-refractivity contribution in [3.63, 3.8) is 0 Å². The number of hydrogen-bond donors (Lipinski definition) is 0. The molecule has 0 atom stereocenters. The molecule has 1 aromatic heterocycles. The fourth-order valence-electron chi connectivity index (χ4n) is 2.78. The molecular weight excluding hydrogens is 296 g/mol. The van der Waals surface area contributed by atoms with E-state index in [1.54, 1.807) is 0 Å². The van der Waals surface area contributed by atoms with E-state index in [0.717, 1.165) is 24.4 Å². The van der Waals surface area contributed by atoms with Crippen molar-refractivity contribution in [2.45, 2.75) is 58.6 Å². The minimum atomic E-state index is 0.0884. The van der Waals surface area contributed by atoms with Crippen molar-refractivity contribution in [2.75, 3.05) is 0 Å². The molecule has 3 nitrogen and oxygen atoms in total. The summed E-state index contributed by atoms with van der Waals surface area (Å²) in [5.74, 6) is 0.723. The van der Waals surface area contributed by atoms with Crippen LogP contribution in [0, 0.1) is 0 Å². The second-order valence-electron chi connectivity index (χ2n) is 6.99. The largest absolute Gasteiger partial charge is 0.486 e. The first-order valence-corrected chi connectivity index (χ1v) is 8.30. The lowest BCUT2D eigenvalue weighted by atomic mass is 9.87. The third-order valence-electron chi connectivity index (χ3n) is 4.14. The molecule has 1 aliphatic rings. The van der Waals surface area contributed by atoms with Crippen LogP contribution in [0.2, 0.25) is 5.02 Å². The summed E-state index contributed by atoms with van der Waals surface area (Å²) in [6.45, 7) is 8.02. The molecule has 0 amide bonds. The van der Waals surface area contributed by atoms with E-state index in [1.807, 2.05) is 12.1 Å². The maximum Gasteiger partial charge on any atom is 0.138 e. The van der Waals surface area contributed by atoms with Crippen LogP contribution in [-0.2, 0) is 25.0 Å². The fraction of sp³-hybridized carbons (Fsp3) is 0.500. The Hall–Kier alpha value is -1.48. The summed E-state index contributed by atoms with van der Waals surface area (Å²) in [6, 6.07) is 8.18. The normalized spacial score (nSPS) is 14.7. The Labute approximate surface area is 137 Å². The fourth-order valence-corrected chi connectivity index (χ4v) is 3.02. The van der Waals surface area contributed by atoms with Gasteiger partial charge < -0.3 is 4.74 Å². The minimum absolute atomic E-state index is 0.0884. The molecule has 0 unspecified atom stereocenters. The Morgan fingerprint density at radius 3 is 2.73 bits per heavy atom. The van der Waals surface area contributed by atoms with Gasteiger partial charge in [0.25, 0.3) is 0 Å². The zero-order chi connectivity index (χ0) is 15.7.